The van der Waals surface area contributed by atoms with Crippen LogP contribution >= 0.6 is 0 Å². The summed E-state index contributed by atoms with van der Waals surface area (Å²) in [5.74, 6) is -2.76. The van der Waals surface area contributed by atoms with Crippen LogP contribution in [-0.2, 0) is 6.18 Å². The molecule has 0 aliphatic carbocycles. The van der Waals surface area contributed by atoms with E-state index < -0.39 is 34.9 Å². The van der Waals surface area contributed by atoms with E-state index in [0.717, 1.165) is 18.2 Å². The van der Waals surface area contributed by atoms with Crippen LogP contribution in [0.2, 0.25) is 0 Å². The summed E-state index contributed by atoms with van der Waals surface area (Å²) in [6.45, 7) is 3.28. The van der Waals surface area contributed by atoms with E-state index in [1.807, 2.05) is 0 Å². The number of hydrogen-bond donors (Lipinski definition) is 2. The Hall–Kier alpha value is -3.41. The molecule has 0 unspecified atom stereocenters. The van der Waals surface area contributed by atoms with Crippen molar-refractivity contribution >= 4 is 17.5 Å². The van der Waals surface area contributed by atoms with Crippen LogP contribution in [-0.4, -0.2) is 17.9 Å². The first-order chi connectivity index (χ1) is 13.0. The third-order valence-electron chi connectivity index (χ3n) is 3.54. The first kappa shape index (κ1) is 20.9. The molecule has 0 saturated heterocycles. The molecule has 146 valence electrons. The SMILES string of the molecule is CC(C)NC(=O)c1cc(NC(=O)c2ccc(C#N)cc2F)cc(C(F)(F)F)c1. The summed E-state index contributed by atoms with van der Waals surface area (Å²) in [4.78, 5) is 24.3. The highest BCUT2D eigenvalue weighted by molar-refractivity contribution is 6.05. The number of halogens is 4. The molecule has 0 aromatic heterocycles. The highest BCUT2D eigenvalue weighted by Gasteiger charge is 2.32. The van der Waals surface area contributed by atoms with Crippen molar-refractivity contribution in [3.63, 3.8) is 0 Å². The number of nitrogens with zero attached hydrogens (tertiary/aromatic N) is 1. The maximum absolute atomic E-state index is 14.0. The fourth-order valence-corrected chi connectivity index (χ4v) is 2.31. The van der Waals surface area contributed by atoms with Crippen LogP contribution in [0.1, 0.15) is 45.7 Å². The molecule has 0 aliphatic heterocycles. The van der Waals surface area contributed by atoms with Gasteiger partial charge in [0.1, 0.15) is 5.82 Å². The largest absolute Gasteiger partial charge is 0.416 e. The lowest BCUT2D eigenvalue weighted by Gasteiger charge is -2.14. The zero-order valence-corrected chi connectivity index (χ0v) is 14.8. The van der Waals surface area contributed by atoms with Crippen molar-refractivity contribution in [1.82, 2.24) is 5.32 Å². The van der Waals surface area contributed by atoms with Gasteiger partial charge in [-0.2, -0.15) is 18.4 Å². The normalized spacial score (nSPS) is 11.1. The number of amides is 2. The van der Waals surface area contributed by atoms with E-state index in [-0.39, 0.29) is 22.9 Å². The molecule has 2 aromatic carbocycles. The van der Waals surface area contributed by atoms with Crippen LogP contribution in [0.3, 0.4) is 0 Å². The van der Waals surface area contributed by atoms with Gasteiger partial charge < -0.3 is 10.6 Å². The number of nitrogens with one attached hydrogen (secondary N) is 2. The number of carbonyl (C=O) groups is 2. The maximum atomic E-state index is 14.0. The Morgan fingerprint density at radius 3 is 2.29 bits per heavy atom. The Morgan fingerprint density at radius 1 is 1.07 bits per heavy atom. The summed E-state index contributed by atoms with van der Waals surface area (Å²) in [5, 5.41) is 13.3. The molecule has 2 rings (SSSR count). The monoisotopic (exact) mass is 393 g/mol. The lowest BCUT2D eigenvalue weighted by molar-refractivity contribution is -0.137. The molecule has 0 saturated carbocycles. The molecule has 0 fully saturated rings. The van der Waals surface area contributed by atoms with Gasteiger partial charge in [0.15, 0.2) is 0 Å². The second kappa shape index (κ2) is 8.08. The van der Waals surface area contributed by atoms with Gasteiger partial charge in [-0.25, -0.2) is 4.39 Å². The van der Waals surface area contributed by atoms with E-state index in [1.165, 1.54) is 6.07 Å². The number of rotatable bonds is 4. The Labute approximate surface area is 158 Å². The number of nitriles is 1. The minimum atomic E-state index is -4.76. The lowest BCUT2D eigenvalue weighted by atomic mass is 10.1. The highest BCUT2D eigenvalue weighted by atomic mass is 19.4. The summed E-state index contributed by atoms with van der Waals surface area (Å²) in [5.41, 5.74) is -2.23. The molecule has 2 amide bonds. The van der Waals surface area contributed by atoms with Gasteiger partial charge in [-0.3, -0.25) is 9.59 Å². The number of carbonyl (C=O) groups excluding carboxylic acids is 2. The second-order valence-electron chi connectivity index (χ2n) is 6.19. The smallest absolute Gasteiger partial charge is 0.350 e. The fourth-order valence-electron chi connectivity index (χ4n) is 2.31. The minimum Gasteiger partial charge on any atom is -0.350 e. The quantitative estimate of drug-likeness (QED) is 0.767. The Bertz CT molecular complexity index is 963. The van der Waals surface area contributed by atoms with Gasteiger partial charge >= 0.3 is 6.18 Å². The predicted octanol–water partition coefficient (Wildman–Crippen LogP) is 4.11. The third kappa shape index (κ3) is 5.07. The molecule has 2 N–H and O–H groups in total. The summed E-state index contributed by atoms with van der Waals surface area (Å²) < 4.78 is 53.4. The Balaban J connectivity index is 2.40. The average Bonchev–Trinajstić information content (AvgIpc) is 2.59. The summed E-state index contributed by atoms with van der Waals surface area (Å²) in [7, 11) is 0. The summed E-state index contributed by atoms with van der Waals surface area (Å²) in [6.07, 6.45) is -4.76. The lowest BCUT2D eigenvalue weighted by Crippen LogP contribution is -2.30. The fraction of sp³-hybridized carbons (Fsp3) is 0.211. The topological polar surface area (TPSA) is 82.0 Å². The molecule has 9 heteroatoms. The number of benzene rings is 2. The van der Waals surface area contributed by atoms with E-state index in [2.05, 4.69) is 10.6 Å². The molecule has 0 spiro atoms. The van der Waals surface area contributed by atoms with Crippen molar-refractivity contribution < 1.29 is 27.2 Å². The molecule has 5 nitrogen and oxygen atoms in total. The second-order valence-corrected chi connectivity index (χ2v) is 6.19. The van der Waals surface area contributed by atoms with Crippen LogP contribution in [0.4, 0.5) is 23.2 Å². The molecular weight excluding hydrogens is 378 g/mol. The van der Waals surface area contributed by atoms with Gasteiger partial charge in [0.2, 0.25) is 0 Å². The third-order valence-corrected chi connectivity index (χ3v) is 3.54. The van der Waals surface area contributed by atoms with Gasteiger partial charge in [0.25, 0.3) is 11.8 Å². The van der Waals surface area contributed by atoms with Crippen LogP contribution in [0.25, 0.3) is 0 Å². The van der Waals surface area contributed by atoms with Crippen molar-refractivity contribution in [3.05, 3.63) is 64.5 Å². The first-order valence-electron chi connectivity index (χ1n) is 8.05. The van der Waals surface area contributed by atoms with Gasteiger partial charge in [-0.1, -0.05) is 0 Å². The van der Waals surface area contributed by atoms with Crippen molar-refractivity contribution in [2.75, 3.05) is 5.32 Å². The van der Waals surface area contributed by atoms with Crippen LogP contribution < -0.4 is 10.6 Å². The van der Waals surface area contributed by atoms with Crippen molar-refractivity contribution in [3.8, 4) is 6.07 Å². The molecule has 28 heavy (non-hydrogen) atoms. The molecule has 0 radical (unpaired) electrons. The first-order valence-corrected chi connectivity index (χ1v) is 8.05. The van der Waals surface area contributed by atoms with Gasteiger partial charge in [0, 0.05) is 17.3 Å². The standard InChI is InChI=1S/C19H15F4N3O2/c1-10(2)25-17(27)12-6-13(19(21,22)23)8-14(7-12)26-18(28)15-4-3-11(9-24)5-16(15)20/h3-8,10H,1-2H3,(H,25,27)(H,26,28). The van der Waals surface area contributed by atoms with Gasteiger partial charge in [-0.05, 0) is 50.2 Å². The van der Waals surface area contributed by atoms with E-state index in [9.17, 15) is 27.2 Å². The molecule has 0 aliphatic rings. The maximum Gasteiger partial charge on any atom is 0.416 e. The van der Waals surface area contributed by atoms with E-state index in [4.69, 9.17) is 5.26 Å². The molecule has 0 heterocycles. The zero-order valence-electron chi connectivity index (χ0n) is 14.8. The van der Waals surface area contributed by atoms with E-state index in [1.54, 1.807) is 19.9 Å². The van der Waals surface area contributed by atoms with Crippen LogP contribution in [0, 0.1) is 17.1 Å². The van der Waals surface area contributed by atoms with Crippen molar-refractivity contribution in [2.45, 2.75) is 26.1 Å². The Kier molecular flexibility index (Phi) is 6.03. The molecule has 2 aromatic rings. The number of alkyl halides is 3. The average molecular weight is 393 g/mol. The van der Waals surface area contributed by atoms with Crippen molar-refractivity contribution in [1.29, 1.82) is 5.26 Å². The van der Waals surface area contributed by atoms with Crippen molar-refractivity contribution in [2.24, 2.45) is 0 Å². The molecule has 0 bridgehead atoms. The summed E-state index contributed by atoms with van der Waals surface area (Å²) in [6, 6.07) is 6.84. The van der Waals surface area contributed by atoms with E-state index >= 15 is 0 Å². The van der Waals surface area contributed by atoms with E-state index in [0.29, 0.717) is 12.1 Å². The number of anilines is 1. The number of hydrogen-bond acceptors (Lipinski definition) is 3. The van der Waals surface area contributed by atoms with Crippen LogP contribution in [0.15, 0.2) is 36.4 Å². The zero-order chi connectivity index (χ0) is 21.1. The Morgan fingerprint density at radius 2 is 1.75 bits per heavy atom. The van der Waals surface area contributed by atoms with Gasteiger partial charge in [0.05, 0.1) is 22.8 Å². The minimum absolute atomic E-state index is 0.0132. The highest BCUT2D eigenvalue weighted by Crippen LogP contribution is 2.32. The molecular formula is C19H15F4N3O2. The summed E-state index contributed by atoms with van der Waals surface area (Å²) >= 11 is 0. The molecule has 0 atom stereocenters. The van der Waals surface area contributed by atoms with Crippen LogP contribution in [0.5, 0.6) is 0 Å². The predicted molar refractivity (Wildman–Crippen MR) is 93.1 cm³/mol. The van der Waals surface area contributed by atoms with Gasteiger partial charge in [-0.15, -0.1) is 0 Å².